The summed E-state index contributed by atoms with van der Waals surface area (Å²) >= 11 is 0. The van der Waals surface area contributed by atoms with Crippen LogP contribution < -0.4 is 5.32 Å². The Labute approximate surface area is 125 Å². The lowest BCUT2D eigenvalue weighted by Gasteiger charge is -2.26. The fourth-order valence-electron chi connectivity index (χ4n) is 2.26. The predicted octanol–water partition coefficient (Wildman–Crippen LogP) is 1.25. The minimum absolute atomic E-state index is 0.187. The number of amides is 1. The van der Waals surface area contributed by atoms with E-state index in [1.54, 1.807) is 6.92 Å². The van der Waals surface area contributed by atoms with Gasteiger partial charge in [-0.2, -0.15) is 0 Å². The van der Waals surface area contributed by atoms with Gasteiger partial charge in [-0.1, -0.05) is 30.3 Å². The number of nitrogens with one attached hydrogen (secondary N) is 1. The zero-order valence-electron chi connectivity index (χ0n) is 12.5. The highest BCUT2D eigenvalue weighted by atomic mass is 16.5. The van der Waals surface area contributed by atoms with E-state index in [0.29, 0.717) is 19.6 Å². The number of benzene rings is 1. The summed E-state index contributed by atoms with van der Waals surface area (Å²) in [5.41, 5.74) is 0.0445. The summed E-state index contributed by atoms with van der Waals surface area (Å²) in [5.74, 6) is -0.224. The van der Waals surface area contributed by atoms with E-state index in [0.717, 1.165) is 5.56 Å². The Bertz CT molecular complexity index is 465. The number of carbonyl (C=O) groups is 1. The molecule has 3 unspecified atom stereocenters. The summed E-state index contributed by atoms with van der Waals surface area (Å²) in [7, 11) is 0. The topological polar surface area (TPSA) is 67.8 Å². The Hall–Kier alpha value is -1.43. The molecule has 0 bridgehead atoms. The fraction of sp³-hybridized carbons (Fsp3) is 0.562. The van der Waals surface area contributed by atoms with E-state index in [4.69, 9.17) is 9.47 Å². The Morgan fingerprint density at radius 3 is 2.86 bits per heavy atom. The normalized spacial score (nSPS) is 26.5. The van der Waals surface area contributed by atoms with E-state index in [9.17, 15) is 9.90 Å². The molecule has 3 atom stereocenters. The van der Waals surface area contributed by atoms with Crippen LogP contribution in [0, 0.1) is 0 Å². The van der Waals surface area contributed by atoms with Crippen LogP contribution in [0.2, 0.25) is 0 Å². The second kappa shape index (κ2) is 7.02. The van der Waals surface area contributed by atoms with Gasteiger partial charge in [0, 0.05) is 19.6 Å². The van der Waals surface area contributed by atoms with Crippen LogP contribution in [0.1, 0.15) is 25.8 Å². The summed E-state index contributed by atoms with van der Waals surface area (Å²) in [6.07, 6.45) is -0.293. The highest BCUT2D eigenvalue weighted by Gasteiger charge is 2.39. The van der Waals surface area contributed by atoms with Crippen LogP contribution in [0.15, 0.2) is 30.3 Å². The molecule has 0 radical (unpaired) electrons. The van der Waals surface area contributed by atoms with Crippen LogP contribution in [0.5, 0.6) is 0 Å². The maximum atomic E-state index is 12.0. The Morgan fingerprint density at radius 1 is 1.52 bits per heavy atom. The quantitative estimate of drug-likeness (QED) is 0.828. The molecule has 2 rings (SSSR count). The van der Waals surface area contributed by atoms with Gasteiger partial charge in [-0.25, -0.2) is 0 Å². The third kappa shape index (κ3) is 4.27. The molecule has 0 saturated carbocycles. The van der Waals surface area contributed by atoms with Gasteiger partial charge in [0.1, 0.15) is 11.7 Å². The minimum Gasteiger partial charge on any atom is -0.385 e. The van der Waals surface area contributed by atoms with Crippen molar-refractivity contribution in [3.63, 3.8) is 0 Å². The van der Waals surface area contributed by atoms with Crippen molar-refractivity contribution in [2.75, 3.05) is 13.2 Å². The third-order valence-corrected chi connectivity index (χ3v) is 3.94. The smallest absolute Gasteiger partial charge is 0.248 e. The first-order valence-electron chi connectivity index (χ1n) is 7.28. The molecule has 0 aromatic heterocycles. The summed E-state index contributed by atoms with van der Waals surface area (Å²) in [6, 6.07) is 9.70. The Kier molecular flexibility index (Phi) is 5.33. The van der Waals surface area contributed by atoms with Gasteiger partial charge in [0.05, 0.1) is 12.7 Å². The molecule has 21 heavy (non-hydrogen) atoms. The third-order valence-electron chi connectivity index (χ3n) is 3.94. The summed E-state index contributed by atoms with van der Waals surface area (Å²) in [6.45, 7) is 4.62. The van der Waals surface area contributed by atoms with Crippen molar-refractivity contribution in [1.82, 2.24) is 5.32 Å². The lowest BCUT2D eigenvalue weighted by atomic mass is 9.97. The molecule has 1 saturated heterocycles. The van der Waals surface area contributed by atoms with Crippen LogP contribution in [0.4, 0.5) is 0 Å². The van der Waals surface area contributed by atoms with Gasteiger partial charge >= 0.3 is 0 Å². The van der Waals surface area contributed by atoms with Crippen molar-refractivity contribution in [3.05, 3.63) is 35.9 Å². The molecule has 1 fully saturated rings. The van der Waals surface area contributed by atoms with Gasteiger partial charge in [0.25, 0.3) is 0 Å². The fourth-order valence-corrected chi connectivity index (χ4v) is 2.26. The van der Waals surface area contributed by atoms with E-state index < -0.39 is 11.7 Å². The molecule has 5 heteroatoms. The zero-order valence-corrected chi connectivity index (χ0v) is 12.5. The van der Waals surface area contributed by atoms with Crippen LogP contribution in [-0.2, 0) is 20.9 Å². The summed E-state index contributed by atoms with van der Waals surface area (Å²) in [4.78, 5) is 12.0. The molecule has 1 aliphatic heterocycles. The Morgan fingerprint density at radius 2 is 2.24 bits per heavy atom. The number of hydrogen-bond acceptors (Lipinski definition) is 4. The van der Waals surface area contributed by atoms with Crippen LogP contribution in [0.25, 0.3) is 0 Å². The standard InChI is InChI=1S/C16H23NO4/c1-12(21-10-14-6-4-3-5-7-14)15(18)17-11-16(19)8-9-20-13(16)2/h3-7,12-13,19H,8-11H2,1-2H3,(H,17,18). The van der Waals surface area contributed by atoms with Crippen molar-refractivity contribution in [1.29, 1.82) is 0 Å². The van der Waals surface area contributed by atoms with Crippen molar-refractivity contribution in [2.24, 2.45) is 0 Å². The molecule has 1 aliphatic rings. The molecule has 0 spiro atoms. The van der Waals surface area contributed by atoms with E-state index in [2.05, 4.69) is 5.32 Å². The first kappa shape index (κ1) is 15.9. The van der Waals surface area contributed by atoms with Crippen LogP contribution in [0.3, 0.4) is 0 Å². The van der Waals surface area contributed by atoms with Crippen molar-refractivity contribution >= 4 is 5.91 Å². The number of carbonyl (C=O) groups excluding carboxylic acids is 1. The number of rotatable bonds is 6. The number of aliphatic hydroxyl groups is 1. The van der Waals surface area contributed by atoms with Gasteiger partial charge in [-0.05, 0) is 19.4 Å². The van der Waals surface area contributed by atoms with Gasteiger partial charge < -0.3 is 19.9 Å². The highest BCUT2D eigenvalue weighted by molar-refractivity contribution is 5.80. The number of ether oxygens (including phenoxy) is 2. The minimum atomic E-state index is -0.977. The van der Waals surface area contributed by atoms with Gasteiger partial charge in [-0.3, -0.25) is 4.79 Å². The lowest BCUT2D eigenvalue weighted by Crippen LogP contribution is -2.49. The van der Waals surface area contributed by atoms with Gasteiger partial charge in [0.15, 0.2) is 0 Å². The molecule has 0 aliphatic carbocycles. The van der Waals surface area contributed by atoms with Crippen molar-refractivity contribution in [2.45, 2.75) is 44.7 Å². The summed E-state index contributed by atoms with van der Waals surface area (Å²) in [5, 5.41) is 13.1. The monoisotopic (exact) mass is 293 g/mol. The van der Waals surface area contributed by atoms with Crippen molar-refractivity contribution < 1.29 is 19.4 Å². The molecule has 5 nitrogen and oxygen atoms in total. The second-order valence-corrected chi connectivity index (χ2v) is 5.52. The van der Waals surface area contributed by atoms with E-state index in [-0.39, 0.29) is 18.6 Å². The SMILES string of the molecule is CC(OCc1ccccc1)C(=O)NCC1(O)CCOC1C. The largest absolute Gasteiger partial charge is 0.385 e. The first-order chi connectivity index (χ1) is 10.0. The van der Waals surface area contributed by atoms with E-state index in [1.165, 1.54) is 0 Å². The zero-order chi connectivity index (χ0) is 15.3. The molecule has 1 heterocycles. The van der Waals surface area contributed by atoms with Crippen LogP contribution >= 0.6 is 0 Å². The second-order valence-electron chi connectivity index (χ2n) is 5.52. The molecule has 1 aromatic carbocycles. The van der Waals surface area contributed by atoms with Gasteiger partial charge in [-0.15, -0.1) is 0 Å². The summed E-state index contributed by atoms with van der Waals surface area (Å²) < 4.78 is 10.9. The maximum absolute atomic E-state index is 12.0. The first-order valence-corrected chi connectivity index (χ1v) is 7.28. The molecular formula is C16H23NO4. The Balaban J connectivity index is 1.75. The maximum Gasteiger partial charge on any atom is 0.248 e. The predicted molar refractivity (Wildman–Crippen MR) is 78.7 cm³/mol. The van der Waals surface area contributed by atoms with Crippen molar-refractivity contribution in [3.8, 4) is 0 Å². The average molecular weight is 293 g/mol. The molecule has 1 amide bonds. The molecular weight excluding hydrogens is 270 g/mol. The molecule has 1 aromatic rings. The lowest BCUT2D eigenvalue weighted by molar-refractivity contribution is -0.134. The highest BCUT2D eigenvalue weighted by Crippen LogP contribution is 2.24. The van der Waals surface area contributed by atoms with E-state index in [1.807, 2.05) is 37.3 Å². The molecule has 2 N–H and O–H groups in total. The molecule has 116 valence electrons. The van der Waals surface area contributed by atoms with Gasteiger partial charge in [0.2, 0.25) is 5.91 Å². The van der Waals surface area contributed by atoms with Crippen LogP contribution in [-0.4, -0.2) is 42.0 Å². The average Bonchev–Trinajstić information content (AvgIpc) is 2.83. The van der Waals surface area contributed by atoms with E-state index >= 15 is 0 Å². The number of hydrogen-bond donors (Lipinski definition) is 2.